The zero-order valence-electron chi connectivity index (χ0n) is 10.3. The summed E-state index contributed by atoms with van der Waals surface area (Å²) in [7, 11) is 1.51. The smallest absolute Gasteiger partial charge is 0.310 e. The van der Waals surface area contributed by atoms with Crippen molar-refractivity contribution in [3.8, 4) is 5.75 Å². The van der Waals surface area contributed by atoms with Crippen molar-refractivity contribution >= 4 is 28.5 Å². The van der Waals surface area contributed by atoms with Crippen molar-refractivity contribution in [3.05, 3.63) is 28.5 Å². The van der Waals surface area contributed by atoms with Crippen molar-refractivity contribution in [3.63, 3.8) is 0 Å². The zero-order chi connectivity index (χ0) is 13.4. The van der Waals surface area contributed by atoms with E-state index in [1.807, 2.05) is 0 Å². The predicted molar refractivity (Wildman–Crippen MR) is 68.6 cm³/mol. The Morgan fingerprint density at radius 2 is 2.17 bits per heavy atom. The molecule has 0 saturated carbocycles. The van der Waals surface area contributed by atoms with E-state index in [0.29, 0.717) is 33.1 Å². The lowest BCUT2D eigenvalue weighted by atomic mass is 9.99. The summed E-state index contributed by atoms with van der Waals surface area (Å²) in [5.74, 6) is -0.444. The Hall–Kier alpha value is -1.68. The summed E-state index contributed by atoms with van der Waals surface area (Å²) in [5, 5.41) is 10.2. The highest BCUT2D eigenvalue weighted by atomic mass is 35.5. The third-order valence-corrected chi connectivity index (χ3v) is 3.33. The molecule has 0 radical (unpaired) electrons. The molecular formula is C13H13ClO4. The normalized spacial score (nSPS) is 12.7. The van der Waals surface area contributed by atoms with Gasteiger partial charge in [0.05, 0.1) is 18.1 Å². The molecule has 1 atom stereocenters. The second-order valence-corrected chi connectivity index (χ2v) is 4.52. The quantitative estimate of drug-likeness (QED) is 0.924. The zero-order valence-corrected chi connectivity index (χ0v) is 11.0. The fraction of sp³-hybridized carbons (Fsp3) is 0.308. The Labute approximate surface area is 109 Å². The summed E-state index contributed by atoms with van der Waals surface area (Å²) in [6, 6.07) is 3.39. The third kappa shape index (κ3) is 1.93. The van der Waals surface area contributed by atoms with Crippen molar-refractivity contribution in [1.29, 1.82) is 0 Å². The molecule has 0 aliphatic heterocycles. The van der Waals surface area contributed by atoms with Crippen LogP contribution in [0.15, 0.2) is 16.5 Å². The molecular weight excluding hydrogens is 256 g/mol. The number of benzene rings is 1. The number of halogens is 1. The maximum Gasteiger partial charge on any atom is 0.310 e. The van der Waals surface area contributed by atoms with Crippen LogP contribution in [0.25, 0.3) is 11.0 Å². The molecule has 0 spiro atoms. The number of aryl methyl sites for hydroxylation is 1. The molecule has 2 aromatic rings. The molecule has 1 N–H and O–H groups in total. The van der Waals surface area contributed by atoms with E-state index < -0.39 is 11.9 Å². The number of methoxy groups -OCH3 is 1. The Morgan fingerprint density at radius 3 is 2.72 bits per heavy atom. The number of carboxylic acid groups (broad SMARTS) is 1. The van der Waals surface area contributed by atoms with Gasteiger partial charge in [0.2, 0.25) is 0 Å². The van der Waals surface area contributed by atoms with Crippen LogP contribution in [0.5, 0.6) is 5.75 Å². The second-order valence-electron chi connectivity index (χ2n) is 4.14. The number of hydrogen-bond acceptors (Lipinski definition) is 3. The molecule has 1 heterocycles. The van der Waals surface area contributed by atoms with Gasteiger partial charge < -0.3 is 14.3 Å². The second kappa shape index (κ2) is 4.53. The van der Waals surface area contributed by atoms with Crippen molar-refractivity contribution in [2.24, 2.45) is 0 Å². The fourth-order valence-electron chi connectivity index (χ4n) is 1.89. The average Bonchev–Trinajstić information content (AvgIpc) is 2.71. The molecule has 2 rings (SSSR count). The van der Waals surface area contributed by atoms with E-state index >= 15 is 0 Å². The SMILES string of the molecule is COc1cc(C(C)C(=O)O)c(Cl)c2cc(C)oc12. The molecule has 1 aromatic heterocycles. The molecule has 1 unspecified atom stereocenters. The molecule has 0 amide bonds. The van der Waals surface area contributed by atoms with Crippen LogP contribution < -0.4 is 4.74 Å². The van der Waals surface area contributed by atoms with Gasteiger partial charge in [-0.2, -0.15) is 0 Å². The number of carboxylic acids is 1. The molecule has 0 bridgehead atoms. The maximum absolute atomic E-state index is 11.1. The first-order valence-electron chi connectivity index (χ1n) is 5.45. The van der Waals surface area contributed by atoms with E-state index in [9.17, 15) is 4.79 Å². The van der Waals surface area contributed by atoms with Crippen LogP contribution in [0.4, 0.5) is 0 Å². The number of rotatable bonds is 3. The lowest BCUT2D eigenvalue weighted by molar-refractivity contribution is -0.138. The number of ether oxygens (including phenoxy) is 1. The summed E-state index contributed by atoms with van der Waals surface area (Å²) in [5.41, 5.74) is 1.07. The summed E-state index contributed by atoms with van der Waals surface area (Å²) in [6.07, 6.45) is 0. The van der Waals surface area contributed by atoms with E-state index in [4.69, 9.17) is 25.9 Å². The van der Waals surface area contributed by atoms with Gasteiger partial charge in [0.25, 0.3) is 0 Å². The van der Waals surface area contributed by atoms with Gasteiger partial charge in [0.1, 0.15) is 5.76 Å². The highest BCUT2D eigenvalue weighted by Gasteiger charge is 2.22. The van der Waals surface area contributed by atoms with Crippen LogP contribution in [0.2, 0.25) is 5.02 Å². The molecule has 1 aromatic carbocycles. The van der Waals surface area contributed by atoms with Gasteiger partial charge in [-0.3, -0.25) is 4.79 Å². The van der Waals surface area contributed by atoms with Gasteiger partial charge >= 0.3 is 5.97 Å². The van der Waals surface area contributed by atoms with Gasteiger partial charge in [0.15, 0.2) is 11.3 Å². The van der Waals surface area contributed by atoms with Gasteiger partial charge in [-0.05, 0) is 31.5 Å². The number of fused-ring (bicyclic) bond motifs is 1. The minimum absolute atomic E-state index is 0.401. The first-order chi connectivity index (χ1) is 8.45. The van der Waals surface area contributed by atoms with Gasteiger partial charge in [-0.1, -0.05) is 11.6 Å². The van der Waals surface area contributed by atoms with Gasteiger partial charge in [-0.15, -0.1) is 0 Å². The van der Waals surface area contributed by atoms with Crippen LogP contribution in [0.1, 0.15) is 24.2 Å². The molecule has 0 aliphatic carbocycles. The Kier molecular flexibility index (Phi) is 3.22. The average molecular weight is 269 g/mol. The number of aliphatic carboxylic acids is 1. The van der Waals surface area contributed by atoms with Gasteiger partial charge in [-0.25, -0.2) is 0 Å². The van der Waals surface area contributed by atoms with Crippen molar-refractivity contribution in [2.45, 2.75) is 19.8 Å². The fourth-order valence-corrected chi connectivity index (χ4v) is 2.24. The molecule has 0 saturated heterocycles. The van der Waals surface area contributed by atoms with Crippen LogP contribution in [0, 0.1) is 6.92 Å². The van der Waals surface area contributed by atoms with E-state index in [2.05, 4.69) is 0 Å². The summed E-state index contributed by atoms with van der Waals surface area (Å²) in [4.78, 5) is 11.1. The summed E-state index contributed by atoms with van der Waals surface area (Å²) >= 11 is 6.24. The maximum atomic E-state index is 11.1. The van der Waals surface area contributed by atoms with Crippen LogP contribution in [-0.2, 0) is 4.79 Å². The molecule has 4 nitrogen and oxygen atoms in total. The van der Waals surface area contributed by atoms with E-state index in [1.54, 1.807) is 26.0 Å². The number of carbonyl (C=O) groups is 1. The Morgan fingerprint density at radius 1 is 1.50 bits per heavy atom. The number of furan rings is 1. The molecule has 0 fully saturated rings. The molecule has 0 aliphatic rings. The molecule has 96 valence electrons. The minimum atomic E-state index is -0.932. The van der Waals surface area contributed by atoms with Crippen LogP contribution in [0.3, 0.4) is 0 Å². The highest BCUT2D eigenvalue weighted by molar-refractivity contribution is 6.36. The first-order valence-corrected chi connectivity index (χ1v) is 5.82. The summed E-state index contributed by atoms with van der Waals surface area (Å²) < 4.78 is 10.7. The topological polar surface area (TPSA) is 59.7 Å². The molecule has 5 heteroatoms. The van der Waals surface area contributed by atoms with Crippen molar-refractivity contribution < 1.29 is 19.1 Å². The van der Waals surface area contributed by atoms with Gasteiger partial charge in [0, 0.05) is 5.39 Å². The van der Waals surface area contributed by atoms with E-state index in [0.717, 1.165) is 0 Å². The van der Waals surface area contributed by atoms with Crippen molar-refractivity contribution in [1.82, 2.24) is 0 Å². The Bertz CT molecular complexity index is 615. The van der Waals surface area contributed by atoms with Crippen molar-refractivity contribution in [2.75, 3.05) is 7.11 Å². The monoisotopic (exact) mass is 268 g/mol. The standard InChI is InChI=1S/C13H13ClO4/c1-6-4-9-11(14)8(7(2)13(15)16)5-10(17-3)12(9)18-6/h4-5,7H,1-3H3,(H,15,16). The first kappa shape index (κ1) is 12.8. The lowest BCUT2D eigenvalue weighted by Gasteiger charge is -2.11. The largest absolute Gasteiger partial charge is 0.493 e. The van der Waals surface area contributed by atoms with Crippen LogP contribution >= 0.6 is 11.6 Å². The highest BCUT2D eigenvalue weighted by Crippen LogP contribution is 2.39. The number of hydrogen-bond donors (Lipinski definition) is 1. The van der Waals surface area contributed by atoms with Crippen LogP contribution in [-0.4, -0.2) is 18.2 Å². The van der Waals surface area contributed by atoms with E-state index in [-0.39, 0.29) is 0 Å². The third-order valence-electron chi connectivity index (χ3n) is 2.91. The Balaban J connectivity index is 2.76. The van der Waals surface area contributed by atoms with E-state index in [1.165, 1.54) is 7.11 Å². The summed E-state index contributed by atoms with van der Waals surface area (Å²) in [6.45, 7) is 3.39. The molecule has 18 heavy (non-hydrogen) atoms. The predicted octanol–water partition coefficient (Wildman–Crippen LogP) is 3.59. The lowest BCUT2D eigenvalue weighted by Crippen LogP contribution is -2.08. The minimum Gasteiger partial charge on any atom is -0.493 e.